The fourth-order valence-corrected chi connectivity index (χ4v) is 7.44. The lowest BCUT2D eigenvalue weighted by molar-refractivity contribution is -0.108. The Morgan fingerprint density at radius 2 is 1.67 bits per heavy atom. The van der Waals surface area contributed by atoms with Crippen LogP contribution < -0.4 is 20.3 Å². The van der Waals surface area contributed by atoms with E-state index in [0.717, 1.165) is 60.0 Å². The van der Waals surface area contributed by atoms with Crippen LogP contribution in [0.1, 0.15) is 103 Å². The summed E-state index contributed by atoms with van der Waals surface area (Å²) >= 11 is 0. The number of aromatic nitrogens is 1. The number of anilines is 1. The van der Waals surface area contributed by atoms with Gasteiger partial charge < -0.3 is 24.8 Å². The van der Waals surface area contributed by atoms with Crippen LogP contribution in [0.25, 0.3) is 10.6 Å². The van der Waals surface area contributed by atoms with Crippen LogP contribution in [0.5, 0.6) is 5.75 Å². The number of methoxy groups -OCH3 is 1. The van der Waals surface area contributed by atoms with E-state index in [2.05, 4.69) is 33.4 Å². The number of fused-ring (bicyclic) bond motifs is 2. The van der Waals surface area contributed by atoms with Crippen LogP contribution in [-0.2, 0) is 16.9 Å². The molecule has 0 saturated carbocycles. The zero-order chi connectivity index (χ0) is 37.3. The number of hydrogen-bond donors (Lipinski definition) is 2. The molecule has 1 aromatic carbocycles. The van der Waals surface area contributed by atoms with E-state index in [0.29, 0.717) is 18.4 Å². The number of halogens is 1. The van der Waals surface area contributed by atoms with Gasteiger partial charge in [-0.1, -0.05) is 75.3 Å². The Kier molecular flexibility index (Phi) is 18.9. The van der Waals surface area contributed by atoms with Crippen molar-refractivity contribution < 1.29 is 23.5 Å². The molecule has 0 aliphatic carbocycles. The van der Waals surface area contributed by atoms with Crippen LogP contribution in [0.2, 0.25) is 0 Å². The maximum Gasteiger partial charge on any atom is 0.321 e. The number of nitrogens with zero attached hydrogens (tertiary/aromatic N) is 4. The van der Waals surface area contributed by atoms with E-state index in [1.54, 1.807) is 11.0 Å². The molecule has 10 nitrogen and oxygen atoms in total. The van der Waals surface area contributed by atoms with Gasteiger partial charge >= 0.3 is 6.03 Å². The molecule has 4 heterocycles. The van der Waals surface area contributed by atoms with Crippen molar-refractivity contribution >= 4 is 42.9 Å². The maximum atomic E-state index is 15.1. The second kappa shape index (κ2) is 21.4. The normalized spacial score (nSPS) is 14.8. The number of urea groups is 1. The lowest BCUT2D eigenvalue weighted by Gasteiger charge is -2.36. The number of rotatable bonds is 9. The van der Waals surface area contributed by atoms with Gasteiger partial charge in [-0.2, -0.15) is 0 Å². The van der Waals surface area contributed by atoms with Gasteiger partial charge in [0.25, 0.3) is 5.91 Å². The fourth-order valence-electron chi connectivity index (χ4n) is 5.92. The van der Waals surface area contributed by atoms with Crippen molar-refractivity contribution in [3.05, 3.63) is 52.2 Å². The Morgan fingerprint density at radius 1 is 1.04 bits per heavy atom. The monoisotopic (exact) mass is 702 g/mol. The van der Waals surface area contributed by atoms with Crippen LogP contribution in [0.15, 0.2) is 24.3 Å². The van der Waals surface area contributed by atoms with Gasteiger partial charge in [0, 0.05) is 44.4 Å². The predicted octanol–water partition coefficient (Wildman–Crippen LogP) is 7.69. The number of carbonyl (C=O) groups is 3. The molecule has 2 aromatic heterocycles. The van der Waals surface area contributed by atoms with Gasteiger partial charge in [-0.3, -0.25) is 19.9 Å². The summed E-state index contributed by atoms with van der Waals surface area (Å²) in [4.78, 5) is 48.5. The fraction of sp³-hybridized carbons (Fsp3) is 0.568. The molecule has 1 fully saturated rings. The predicted molar refractivity (Wildman–Crippen MR) is 203 cm³/mol. The van der Waals surface area contributed by atoms with E-state index in [-0.39, 0.29) is 32.6 Å². The molecule has 0 bridgehead atoms. The summed E-state index contributed by atoms with van der Waals surface area (Å²) in [5.41, 5.74) is 2.44. The van der Waals surface area contributed by atoms with Crippen molar-refractivity contribution in [1.29, 1.82) is 0 Å². The quantitative estimate of drug-likeness (QED) is 0.220. The molecule has 2 atom stereocenters. The number of imide groups is 1. The van der Waals surface area contributed by atoms with Gasteiger partial charge in [0.15, 0.2) is 11.6 Å². The summed E-state index contributed by atoms with van der Waals surface area (Å²) in [7, 11) is 1.56. The van der Waals surface area contributed by atoms with Gasteiger partial charge in [0.05, 0.1) is 35.1 Å². The minimum Gasteiger partial charge on any atom is -0.494 e. The van der Waals surface area contributed by atoms with Crippen LogP contribution in [0.3, 0.4) is 0 Å². The zero-order valence-corrected chi connectivity index (χ0v) is 32.8. The summed E-state index contributed by atoms with van der Waals surface area (Å²) in [6.07, 6.45) is 0.757. The number of hydrogen-bond acceptors (Lipinski definition) is 7. The number of pyridine rings is 1. The first kappa shape index (κ1) is 43.3. The number of piperazine rings is 1. The minimum atomic E-state index is -1.01. The Morgan fingerprint density at radius 3 is 2.22 bits per heavy atom. The third kappa shape index (κ3) is 9.94. The summed E-state index contributed by atoms with van der Waals surface area (Å²) < 4.78 is 20.1. The van der Waals surface area contributed by atoms with Crippen molar-refractivity contribution in [3.63, 3.8) is 0 Å². The summed E-state index contributed by atoms with van der Waals surface area (Å²) in [6, 6.07) is 6.72. The van der Waals surface area contributed by atoms with Crippen molar-refractivity contribution in [2.24, 2.45) is 0 Å². The average molecular weight is 703 g/mol. The van der Waals surface area contributed by atoms with Gasteiger partial charge in [0.1, 0.15) is 0 Å². The molecule has 2 aliphatic heterocycles. The Balaban J connectivity index is 0.00000140. The molecule has 1 unspecified atom stereocenters. The minimum absolute atomic E-state index is 0.00739. The maximum absolute atomic E-state index is 15.1. The zero-order valence-electron chi connectivity index (χ0n) is 31.8. The number of nitrogens with one attached hydrogen (secondary N) is 2. The summed E-state index contributed by atoms with van der Waals surface area (Å²) in [5.74, 6) is -1.14. The molecular weight excluding hydrogens is 642 g/mol. The number of ether oxygens (including phenoxy) is 1. The molecule has 12 heteroatoms. The molecule has 1 saturated heterocycles. The smallest absolute Gasteiger partial charge is 0.321 e. The highest BCUT2D eigenvalue weighted by atomic mass is 31.0. The molecule has 3 aromatic rings. The number of amides is 4. The molecule has 2 aliphatic rings. The summed E-state index contributed by atoms with van der Waals surface area (Å²) in [6.45, 7) is 27.3. The first-order valence-electron chi connectivity index (χ1n) is 17.9. The van der Waals surface area contributed by atoms with E-state index in [9.17, 15) is 14.4 Å². The van der Waals surface area contributed by atoms with Gasteiger partial charge in [-0.05, 0) is 48.9 Å². The van der Waals surface area contributed by atoms with Crippen molar-refractivity contribution in [2.75, 3.05) is 51.3 Å². The van der Waals surface area contributed by atoms with Gasteiger partial charge in [-0.15, -0.1) is 8.19 Å². The average Bonchev–Trinajstić information content (AvgIpc) is 3.71. The van der Waals surface area contributed by atoms with E-state index in [1.807, 2.05) is 75.3 Å². The van der Waals surface area contributed by atoms with Gasteiger partial charge in [0.2, 0.25) is 6.41 Å². The van der Waals surface area contributed by atoms with Crippen molar-refractivity contribution in [1.82, 2.24) is 25.4 Å². The molecule has 274 valence electrons. The van der Waals surface area contributed by atoms with E-state index in [1.165, 1.54) is 13.2 Å². The Hall–Kier alpha value is -3.69. The van der Waals surface area contributed by atoms with Crippen LogP contribution >= 0.6 is 8.19 Å². The molecule has 5 rings (SSSR count). The van der Waals surface area contributed by atoms with Crippen molar-refractivity contribution in [3.8, 4) is 5.75 Å². The van der Waals surface area contributed by atoms with E-state index >= 15 is 4.39 Å². The summed E-state index contributed by atoms with van der Waals surface area (Å²) in [5, 5.41) is 7.11. The Labute approximate surface area is 295 Å². The highest BCUT2D eigenvalue weighted by Crippen LogP contribution is 2.42. The number of likely N-dealkylation sites (N-methyl/N-ethyl adjacent to an activating group) is 1. The molecule has 0 spiro atoms. The first-order valence-corrected chi connectivity index (χ1v) is 18.9. The first-order chi connectivity index (χ1) is 23.7. The third-order valence-electron chi connectivity index (χ3n) is 8.32. The largest absolute Gasteiger partial charge is 0.494 e. The molecular formula is C37H60FN6O4P. The molecule has 49 heavy (non-hydrogen) atoms. The second-order valence-corrected chi connectivity index (χ2v) is 11.9. The van der Waals surface area contributed by atoms with Crippen molar-refractivity contribution in [2.45, 2.75) is 94.7 Å². The van der Waals surface area contributed by atoms with E-state index in [4.69, 9.17) is 9.72 Å². The number of carbonyl (C=O) groups excluding carboxylic acids is 3. The third-order valence-corrected chi connectivity index (χ3v) is 9.89. The lowest BCUT2D eigenvalue weighted by atomic mass is 9.93. The SMILES string of the molecule is CC.CC.CC.CC.CCN1CCN(c2cc3[pH]c([C@](CC)(CN4Cc5ccc(OC)c(F)c5C4=O)NC(=O)NC=O)cc3nc2C)CC1. The molecule has 0 radical (unpaired) electrons. The van der Waals surface area contributed by atoms with Crippen LogP contribution in [-0.4, -0.2) is 79.5 Å². The highest BCUT2D eigenvalue weighted by molar-refractivity contribution is 7.38. The van der Waals surface area contributed by atoms with Crippen LogP contribution in [0, 0.1) is 12.7 Å². The van der Waals surface area contributed by atoms with Gasteiger partial charge in [-0.25, -0.2) is 9.18 Å². The number of benzene rings is 1. The highest BCUT2D eigenvalue weighted by Gasteiger charge is 2.41. The lowest BCUT2D eigenvalue weighted by Crippen LogP contribution is -2.55. The molecule has 2 N–H and O–H groups in total. The molecule has 4 amide bonds. The Bertz CT molecular complexity index is 1490. The topological polar surface area (TPSA) is 107 Å². The number of aryl methyl sites for hydroxylation is 1. The standard InChI is InChI=1S/C29H36FN6O4P.4C2H6/c1-5-29(33-28(39)31-17-37,16-36-15-19-7-8-22(40-4)26(30)25(19)27(36)38)24-13-20-23(41-24)14-21(18(3)32-20)35-11-9-34(6-2)10-12-35;4*1-2/h7-8,13-14,17,41H,5-6,9-12,15-16H2,1-4H3,(H2,31,33,37,39);4*1-2H3/t29-;;;;/m0..../s1. The second-order valence-electron chi connectivity index (χ2n) is 10.6. The van der Waals surface area contributed by atoms with Crippen LogP contribution in [0.4, 0.5) is 14.9 Å². The van der Waals surface area contributed by atoms with E-state index < -0.39 is 23.3 Å².